The normalized spacial score (nSPS) is 14.0. The molecule has 17 rings (SSSR count). The van der Waals surface area contributed by atoms with Crippen molar-refractivity contribution in [1.29, 1.82) is 0 Å². The van der Waals surface area contributed by atoms with Gasteiger partial charge in [-0.1, -0.05) is 237 Å². The predicted molar refractivity (Wildman–Crippen MR) is 313 cm³/mol. The summed E-state index contributed by atoms with van der Waals surface area (Å²) < 4.78 is 2.56. The molecule has 352 valence electrons. The molecule has 3 aliphatic carbocycles. The maximum Gasteiger partial charge on any atom is 0.0754 e. The highest BCUT2D eigenvalue weighted by molar-refractivity contribution is 6.14. The summed E-state index contributed by atoms with van der Waals surface area (Å²) in [4.78, 5) is 2.55. The number of para-hydroxylation sites is 3. The quantitative estimate of drug-likeness (QED) is 0.167. The van der Waals surface area contributed by atoms with Crippen LogP contribution < -0.4 is 4.90 Å². The maximum absolute atomic E-state index is 2.56. The Balaban J connectivity index is 0.952. The molecule has 0 atom stereocenters. The van der Waals surface area contributed by atoms with Gasteiger partial charge in [0.15, 0.2) is 0 Å². The number of anilines is 3. The summed E-state index contributed by atoms with van der Waals surface area (Å²) in [5.74, 6) is 0. The lowest BCUT2D eigenvalue weighted by atomic mass is 9.65. The predicted octanol–water partition coefficient (Wildman–Crippen LogP) is 18.6. The average molecular weight is 963 g/mol. The molecule has 2 heterocycles. The highest BCUT2D eigenvalue weighted by Gasteiger charge is 2.53. The van der Waals surface area contributed by atoms with Crippen molar-refractivity contribution in [1.82, 2.24) is 4.57 Å². The van der Waals surface area contributed by atoms with Crippen LogP contribution in [-0.4, -0.2) is 4.57 Å². The highest BCUT2D eigenvalue weighted by Crippen LogP contribution is 2.64. The van der Waals surface area contributed by atoms with Crippen molar-refractivity contribution in [3.8, 4) is 61.3 Å². The standard InChI is InChI=1S/C74H46N2/c1-2-21-47(22-3-1)50-23-4-5-24-51(50)58-30-11-18-39-69(58)75(49-41-43-57-56-29-10-14-34-63(56)73(68(57)46-49)61-32-12-6-25-52(61)53-26-7-13-33-62(53)73)48-42-44-70-60(45-48)59-31-20-38-67-72(59)76(70)71-40-19-17-37-66(71)74(67)64-35-15-8-27-54(64)55-28-9-16-36-65(55)74/h1-46H. The first-order chi connectivity index (χ1) is 37.7. The van der Waals surface area contributed by atoms with Gasteiger partial charge in [-0.05, 0) is 137 Å². The minimum Gasteiger partial charge on any atom is -0.310 e. The van der Waals surface area contributed by atoms with Gasteiger partial charge in [0.25, 0.3) is 0 Å². The van der Waals surface area contributed by atoms with Gasteiger partial charge >= 0.3 is 0 Å². The molecule has 13 aromatic rings. The molecular formula is C74H46N2. The zero-order valence-electron chi connectivity index (χ0n) is 41.5. The van der Waals surface area contributed by atoms with Crippen LogP contribution in [0.25, 0.3) is 83.1 Å². The van der Waals surface area contributed by atoms with E-state index in [1.807, 2.05) is 0 Å². The Bertz CT molecular complexity index is 4500. The largest absolute Gasteiger partial charge is 0.310 e. The summed E-state index contributed by atoms with van der Waals surface area (Å²) >= 11 is 0. The molecule has 0 N–H and O–H groups in total. The van der Waals surface area contributed by atoms with E-state index in [-0.39, 0.29) is 0 Å². The summed E-state index contributed by atoms with van der Waals surface area (Å²) in [6.45, 7) is 0. The van der Waals surface area contributed by atoms with Gasteiger partial charge in [0.05, 0.1) is 33.2 Å². The first-order valence-corrected chi connectivity index (χ1v) is 26.6. The molecule has 0 amide bonds. The molecule has 1 aliphatic heterocycles. The van der Waals surface area contributed by atoms with Gasteiger partial charge in [-0.25, -0.2) is 0 Å². The van der Waals surface area contributed by atoms with Crippen LogP contribution in [0, 0.1) is 0 Å². The smallest absolute Gasteiger partial charge is 0.0754 e. The van der Waals surface area contributed by atoms with E-state index in [0.29, 0.717) is 0 Å². The number of nitrogens with zero attached hydrogens (tertiary/aromatic N) is 2. The van der Waals surface area contributed by atoms with Crippen LogP contribution in [0.5, 0.6) is 0 Å². The monoisotopic (exact) mass is 962 g/mol. The van der Waals surface area contributed by atoms with E-state index in [9.17, 15) is 0 Å². The van der Waals surface area contributed by atoms with E-state index in [1.165, 1.54) is 122 Å². The molecule has 0 unspecified atom stereocenters. The summed E-state index contributed by atoms with van der Waals surface area (Å²) in [5.41, 5.74) is 29.2. The van der Waals surface area contributed by atoms with Gasteiger partial charge < -0.3 is 9.47 Å². The molecule has 12 aromatic carbocycles. The molecule has 2 spiro atoms. The van der Waals surface area contributed by atoms with E-state index in [1.54, 1.807) is 0 Å². The third-order valence-electron chi connectivity index (χ3n) is 17.6. The fourth-order valence-electron chi connectivity index (χ4n) is 14.8. The molecule has 1 aromatic heterocycles. The Morgan fingerprint density at radius 3 is 1.30 bits per heavy atom. The number of hydrogen-bond donors (Lipinski definition) is 0. The lowest BCUT2D eigenvalue weighted by Gasteiger charge is -2.39. The summed E-state index contributed by atoms with van der Waals surface area (Å²) in [6, 6.07) is 105. The van der Waals surface area contributed by atoms with Crippen molar-refractivity contribution in [2.75, 3.05) is 4.90 Å². The van der Waals surface area contributed by atoms with Crippen LogP contribution in [0.2, 0.25) is 0 Å². The molecule has 0 bridgehead atoms. The molecule has 2 heteroatoms. The van der Waals surface area contributed by atoms with Crippen LogP contribution in [0.3, 0.4) is 0 Å². The van der Waals surface area contributed by atoms with Gasteiger partial charge in [-0.15, -0.1) is 0 Å². The number of fused-ring (bicyclic) bond motifs is 22. The molecule has 0 saturated carbocycles. The van der Waals surface area contributed by atoms with E-state index in [2.05, 4.69) is 289 Å². The zero-order chi connectivity index (χ0) is 49.7. The van der Waals surface area contributed by atoms with E-state index in [0.717, 1.165) is 22.6 Å². The Morgan fingerprint density at radius 2 is 0.697 bits per heavy atom. The maximum atomic E-state index is 2.56. The Labute approximate surface area is 441 Å². The molecule has 2 nitrogen and oxygen atoms in total. The summed E-state index contributed by atoms with van der Waals surface area (Å²) in [7, 11) is 0. The van der Waals surface area contributed by atoms with Crippen molar-refractivity contribution in [2.24, 2.45) is 0 Å². The lowest BCUT2D eigenvalue weighted by molar-refractivity contribution is 0.748. The lowest BCUT2D eigenvalue weighted by Crippen LogP contribution is -2.33. The topological polar surface area (TPSA) is 8.17 Å². The van der Waals surface area contributed by atoms with Crippen LogP contribution in [-0.2, 0) is 10.8 Å². The fourth-order valence-corrected chi connectivity index (χ4v) is 14.8. The number of aromatic nitrogens is 1. The third-order valence-corrected chi connectivity index (χ3v) is 17.6. The first-order valence-electron chi connectivity index (χ1n) is 26.6. The van der Waals surface area contributed by atoms with Crippen LogP contribution in [0.15, 0.2) is 279 Å². The van der Waals surface area contributed by atoms with Crippen LogP contribution >= 0.6 is 0 Å². The minimum atomic E-state index is -0.496. The van der Waals surface area contributed by atoms with Crippen molar-refractivity contribution in [2.45, 2.75) is 10.8 Å². The van der Waals surface area contributed by atoms with Gasteiger partial charge in [-0.3, -0.25) is 0 Å². The number of rotatable bonds is 5. The average Bonchev–Trinajstić information content (AvgIpc) is 4.35. The van der Waals surface area contributed by atoms with Crippen molar-refractivity contribution >= 4 is 38.9 Å². The van der Waals surface area contributed by atoms with Crippen LogP contribution in [0.1, 0.15) is 44.5 Å². The fraction of sp³-hybridized carbons (Fsp3) is 0.0270. The van der Waals surface area contributed by atoms with Crippen molar-refractivity contribution < 1.29 is 0 Å². The third kappa shape index (κ3) is 5.20. The molecule has 4 aliphatic rings. The second-order valence-electron chi connectivity index (χ2n) is 21.0. The van der Waals surface area contributed by atoms with Crippen molar-refractivity contribution in [3.63, 3.8) is 0 Å². The second kappa shape index (κ2) is 15.4. The van der Waals surface area contributed by atoms with Crippen molar-refractivity contribution in [3.05, 3.63) is 324 Å². The van der Waals surface area contributed by atoms with Gasteiger partial charge in [0, 0.05) is 27.7 Å². The molecule has 0 saturated heterocycles. The Kier molecular flexibility index (Phi) is 8.44. The van der Waals surface area contributed by atoms with E-state index in [4.69, 9.17) is 0 Å². The molecule has 76 heavy (non-hydrogen) atoms. The first kappa shape index (κ1) is 41.7. The number of benzene rings is 12. The van der Waals surface area contributed by atoms with Crippen LogP contribution in [0.4, 0.5) is 17.1 Å². The van der Waals surface area contributed by atoms with E-state index >= 15 is 0 Å². The van der Waals surface area contributed by atoms with Gasteiger partial charge in [0.2, 0.25) is 0 Å². The SMILES string of the molecule is c1ccc(-c2ccccc2-c2ccccc2N(c2ccc3c(c2)C2(c4ccccc4-c4ccccc42)c2ccccc2-3)c2ccc3c(c2)c2cccc4c2n3-c2ccccc2C42c3ccccc3-c3ccccc32)cc1. The van der Waals surface area contributed by atoms with Gasteiger partial charge in [-0.2, -0.15) is 0 Å². The second-order valence-corrected chi connectivity index (χ2v) is 21.0. The Morgan fingerprint density at radius 1 is 0.263 bits per heavy atom. The minimum absolute atomic E-state index is 0.483. The molecule has 0 radical (unpaired) electrons. The molecule has 0 fully saturated rings. The molecular weight excluding hydrogens is 917 g/mol. The highest BCUT2D eigenvalue weighted by atomic mass is 15.1. The summed E-state index contributed by atoms with van der Waals surface area (Å²) in [5, 5.41) is 2.46. The number of hydrogen-bond acceptors (Lipinski definition) is 1. The zero-order valence-corrected chi connectivity index (χ0v) is 41.5. The van der Waals surface area contributed by atoms with Gasteiger partial charge in [0.1, 0.15) is 0 Å². The Hall–Kier alpha value is -9.76. The summed E-state index contributed by atoms with van der Waals surface area (Å²) in [6.07, 6.45) is 0. The van der Waals surface area contributed by atoms with E-state index < -0.39 is 10.8 Å².